The standard InChI is InChI=1S/C14H8F2N4O3S2/c15-7-1-2-10(9(16)3-7)20-5-8(17-18-20)4-11-13(23)19(6-12(21)22)14(24)25-11/h1-5H,6H2,(H,21,22)/b11-4-. The molecule has 2 heterocycles. The first-order valence-corrected chi connectivity index (χ1v) is 7.92. The van der Waals surface area contributed by atoms with Crippen LogP contribution in [0.15, 0.2) is 29.3 Å². The Hall–Kier alpha value is -2.66. The van der Waals surface area contributed by atoms with Crippen LogP contribution in [0.5, 0.6) is 0 Å². The number of carbonyl (C=O) groups excluding carboxylic acids is 1. The molecule has 2 aromatic rings. The number of carboxylic acids is 1. The van der Waals surface area contributed by atoms with Crippen molar-refractivity contribution in [3.05, 3.63) is 46.6 Å². The Morgan fingerprint density at radius 2 is 2.16 bits per heavy atom. The van der Waals surface area contributed by atoms with Crippen molar-refractivity contribution in [2.45, 2.75) is 0 Å². The van der Waals surface area contributed by atoms with E-state index in [1.165, 1.54) is 18.3 Å². The van der Waals surface area contributed by atoms with E-state index in [1.54, 1.807) is 0 Å². The second-order valence-electron chi connectivity index (χ2n) is 4.85. The van der Waals surface area contributed by atoms with Gasteiger partial charge in [0.1, 0.15) is 28.1 Å². The molecule has 1 aromatic carbocycles. The van der Waals surface area contributed by atoms with Gasteiger partial charge in [0, 0.05) is 6.07 Å². The van der Waals surface area contributed by atoms with Crippen molar-refractivity contribution >= 4 is 46.3 Å². The molecular formula is C14H8F2N4O3S2. The van der Waals surface area contributed by atoms with Crippen molar-refractivity contribution in [2.24, 2.45) is 0 Å². The molecule has 7 nitrogen and oxygen atoms in total. The molecule has 0 unspecified atom stereocenters. The van der Waals surface area contributed by atoms with Crippen molar-refractivity contribution in [2.75, 3.05) is 6.54 Å². The molecule has 0 aliphatic carbocycles. The third kappa shape index (κ3) is 3.56. The van der Waals surface area contributed by atoms with Gasteiger partial charge in [-0.25, -0.2) is 13.5 Å². The van der Waals surface area contributed by atoms with Crippen molar-refractivity contribution < 1.29 is 23.5 Å². The Bertz CT molecular complexity index is 929. The minimum absolute atomic E-state index is 0.00743. The maximum atomic E-state index is 13.8. The number of aliphatic carboxylic acids is 1. The van der Waals surface area contributed by atoms with Crippen LogP contribution in [0.4, 0.5) is 8.78 Å². The lowest BCUT2D eigenvalue weighted by molar-refractivity contribution is -0.140. The molecule has 0 saturated carbocycles. The molecule has 1 saturated heterocycles. The minimum atomic E-state index is -1.18. The van der Waals surface area contributed by atoms with Crippen LogP contribution in [0.1, 0.15) is 5.69 Å². The zero-order valence-electron chi connectivity index (χ0n) is 12.2. The largest absolute Gasteiger partial charge is 0.480 e. The molecule has 3 rings (SSSR count). The number of hydrogen-bond donors (Lipinski definition) is 1. The summed E-state index contributed by atoms with van der Waals surface area (Å²) in [6.07, 6.45) is 2.71. The van der Waals surface area contributed by atoms with E-state index in [-0.39, 0.29) is 20.6 Å². The molecule has 0 bridgehead atoms. The Morgan fingerprint density at radius 1 is 1.40 bits per heavy atom. The van der Waals surface area contributed by atoms with E-state index >= 15 is 0 Å². The highest BCUT2D eigenvalue weighted by molar-refractivity contribution is 8.26. The van der Waals surface area contributed by atoms with Crippen molar-refractivity contribution in [1.29, 1.82) is 0 Å². The summed E-state index contributed by atoms with van der Waals surface area (Å²) in [7, 11) is 0. The monoisotopic (exact) mass is 382 g/mol. The zero-order chi connectivity index (χ0) is 18.1. The van der Waals surface area contributed by atoms with E-state index in [4.69, 9.17) is 17.3 Å². The molecule has 0 radical (unpaired) electrons. The Labute approximate surface area is 148 Å². The summed E-state index contributed by atoms with van der Waals surface area (Å²) in [5.41, 5.74) is 0.228. The lowest BCUT2D eigenvalue weighted by atomic mass is 10.3. The Morgan fingerprint density at radius 3 is 2.84 bits per heavy atom. The summed E-state index contributed by atoms with van der Waals surface area (Å²) in [4.78, 5) is 24.0. The number of carboxylic acid groups (broad SMARTS) is 1. The van der Waals surface area contributed by atoms with Crippen LogP contribution >= 0.6 is 24.0 Å². The van der Waals surface area contributed by atoms with Crippen LogP contribution < -0.4 is 0 Å². The number of carbonyl (C=O) groups is 2. The maximum Gasteiger partial charge on any atom is 0.323 e. The third-order valence-electron chi connectivity index (χ3n) is 3.11. The normalized spacial score (nSPS) is 16.1. The highest BCUT2D eigenvalue weighted by atomic mass is 32.2. The molecule has 0 atom stereocenters. The predicted molar refractivity (Wildman–Crippen MR) is 88.8 cm³/mol. The fourth-order valence-corrected chi connectivity index (χ4v) is 3.27. The van der Waals surface area contributed by atoms with Gasteiger partial charge in [-0.1, -0.05) is 29.2 Å². The Balaban J connectivity index is 1.86. The topological polar surface area (TPSA) is 88.3 Å². The van der Waals surface area contributed by atoms with Crippen molar-refractivity contribution in [3.8, 4) is 5.69 Å². The van der Waals surface area contributed by atoms with E-state index in [0.717, 1.165) is 27.4 Å². The summed E-state index contributed by atoms with van der Waals surface area (Å²) >= 11 is 5.91. The number of amides is 1. The smallest absolute Gasteiger partial charge is 0.323 e. The number of halogens is 2. The molecule has 1 fully saturated rings. The van der Waals surface area contributed by atoms with E-state index in [0.29, 0.717) is 6.07 Å². The number of thioether (sulfide) groups is 1. The van der Waals surface area contributed by atoms with E-state index in [9.17, 15) is 18.4 Å². The molecule has 1 aliphatic heterocycles. The van der Waals surface area contributed by atoms with Gasteiger partial charge in [0.05, 0.1) is 11.1 Å². The van der Waals surface area contributed by atoms with E-state index in [2.05, 4.69) is 10.3 Å². The zero-order valence-corrected chi connectivity index (χ0v) is 13.9. The first-order chi connectivity index (χ1) is 11.8. The van der Waals surface area contributed by atoms with Gasteiger partial charge in [-0.15, -0.1) is 5.10 Å². The van der Waals surface area contributed by atoms with Gasteiger partial charge in [0.25, 0.3) is 5.91 Å². The summed E-state index contributed by atoms with van der Waals surface area (Å²) in [5.74, 6) is -3.27. The molecule has 1 aromatic heterocycles. The number of rotatable bonds is 4. The molecular weight excluding hydrogens is 374 g/mol. The van der Waals surface area contributed by atoms with Gasteiger partial charge in [0.2, 0.25) is 0 Å². The van der Waals surface area contributed by atoms with Crippen LogP contribution in [0.3, 0.4) is 0 Å². The first kappa shape index (κ1) is 17.2. The van der Waals surface area contributed by atoms with Gasteiger partial charge in [-0.2, -0.15) is 0 Å². The van der Waals surface area contributed by atoms with E-state index < -0.39 is 30.1 Å². The molecule has 0 spiro atoms. The Kier molecular flexibility index (Phi) is 4.59. The van der Waals surface area contributed by atoms with Crippen LogP contribution in [0, 0.1) is 11.6 Å². The lowest BCUT2D eigenvalue weighted by Gasteiger charge is -2.09. The average Bonchev–Trinajstić information content (AvgIpc) is 3.08. The molecule has 1 aliphatic rings. The van der Waals surface area contributed by atoms with Crippen molar-refractivity contribution in [1.82, 2.24) is 19.9 Å². The summed E-state index contributed by atoms with van der Waals surface area (Å²) in [6.45, 7) is -0.532. The van der Waals surface area contributed by atoms with Crippen LogP contribution in [0.25, 0.3) is 11.8 Å². The third-order valence-corrected chi connectivity index (χ3v) is 4.49. The lowest BCUT2D eigenvalue weighted by Crippen LogP contribution is -2.33. The fraction of sp³-hybridized carbons (Fsp3) is 0.0714. The quantitative estimate of drug-likeness (QED) is 0.637. The number of nitrogens with zero attached hydrogens (tertiary/aromatic N) is 4. The van der Waals surface area contributed by atoms with E-state index in [1.807, 2.05) is 0 Å². The fourth-order valence-electron chi connectivity index (χ4n) is 2.03. The van der Waals surface area contributed by atoms with Crippen molar-refractivity contribution in [3.63, 3.8) is 0 Å². The second kappa shape index (κ2) is 6.69. The second-order valence-corrected chi connectivity index (χ2v) is 6.52. The number of thiocarbonyl (C=S) groups is 1. The average molecular weight is 382 g/mol. The predicted octanol–water partition coefficient (Wildman–Crippen LogP) is 1.83. The van der Waals surface area contributed by atoms with Gasteiger partial charge >= 0.3 is 5.97 Å². The van der Waals surface area contributed by atoms with Gasteiger partial charge in [-0.05, 0) is 18.2 Å². The summed E-state index contributed by atoms with van der Waals surface area (Å²) < 4.78 is 27.9. The highest BCUT2D eigenvalue weighted by Crippen LogP contribution is 2.32. The molecule has 128 valence electrons. The minimum Gasteiger partial charge on any atom is -0.480 e. The summed E-state index contributed by atoms with van der Waals surface area (Å²) in [6, 6.07) is 3.00. The molecule has 11 heteroatoms. The summed E-state index contributed by atoms with van der Waals surface area (Å²) in [5, 5.41) is 16.3. The molecule has 1 amide bonds. The molecule has 25 heavy (non-hydrogen) atoms. The van der Waals surface area contributed by atoms with Gasteiger partial charge in [-0.3, -0.25) is 14.5 Å². The number of benzene rings is 1. The van der Waals surface area contributed by atoms with Gasteiger partial charge in [0.15, 0.2) is 5.82 Å². The number of aromatic nitrogens is 3. The van der Waals surface area contributed by atoms with Crippen LogP contribution in [-0.2, 0) is 9.59 Å². The first-order valence-electron chi connectivity index (χ1n) is 6.70. The SMILES string of the molecule is O=C(O)CN1C(=O)/C(=C/c2cn(-c3ccc(F)cc3F)nn2)SC1=S. The maximum absolute atomic E-state index is 13.8. The van der Waals surface area contributed by atoms with Crippen LogP contribution in [0.2, 0.25) is 0 Å². The van der Waals surface area contributed by atoms with Crippen LogP contribution in [-0.4, -0.2) is 47.7 Å². The number of hydrogen-bond acceptors (Lipinski definition) is 6. The van der Waals surface area contributed by atoms with Gasteiger partial charge < -0.3 is 5.11 Å². The molecule has 1 N–H and O–H groups in total. The highest BCUT2D eigenvalue weighted by Gasteiger charge is 2.33.